The zero-order valence-electron chi connectivity index (χ0n) is 25.3. The largest absolute Gasteiger partial charge is 0.496 e. The number of carbonyl (C=O) groups is 1. The Morgan fingerprint density at radius 1 is 1.17 bits per heavy atom. The van der Waals surface area contributed by atoms with Crippen molar-refractivity contribution in [2.45, 2.75) is 76.7 Å². The average molecular weight is 584 g/mol. The SMILES string of the molecule is COc1cc(OCCN(CCCF)C(=O)OC(C)(C)C)ccc1[C@@H]1c2[nH]c3ccccc3c2C[C@@H](C)N1CC1(F)CC1. The average Bonchev–Trinajstić information content (AvgIpc) is 3.56. The summed E-state index contributed by atoms with van der Waals surface area (Å²) in [5.41, 5.74) is 2.56. The molecule has 0 bridgehead atoms. The van der Waals surface area contributed by atoms with Crippen LogP contribution in [0.15, 0.2) is 42.5 Å². The smallest absolute Gasteiger partial charge is 0.410 e. The van der Waals surface area contributed by atoms with Gasteiger partial charge in [-0.25, -0.2) is 9.18 Å². The van der Waals surface area contributed by atoms with E-state index in [9.17, 15) is 9.18 Å². The third kappa shape index (κ3) is 6.66. The highest BCUT2D eigenvalue weighted by Crippen LogP contribution is 2.48. The number of nitrogens with zero attached hydrogens (tertiary/aromatic N) is 2. The number of hydrogen-bond donors (Lipinski definition) is 1. The van der Waals surface area contributed by atoms with Crippen LogP contribution in [0.5, 0.6) is 11.5 Å². The number of alkyl halides is 2. The number of aromatic amines is 1. The van der Waals surface area contributed by atoms with Crippen molar-refractivity contribution < 1.29 is 27.8 Å². The van der Waals surface area contributed by atoms with Gasteiger partial charge in [-0.1, -0.05) is 18.2 Å². The lowest BCUT2D eigenvalue weighted by Gasteiger charge is -2.42. The van der Waals surface area contributed by atoms with E-state index < -0.39 is 24.0 Å². The summed E-state index contributed by atoms with van der Waals surface area (Å²) in [5, 5.41) is 1.20. The van der Waals surface area contributed by atoms with E-state index in [1.54, 1.807) is 27.9 Å². The minimum Gasteiger partial charge on any atom is -0.496 e. The van der Waals surface area contributed by atoms with Crippen molar-refractivity contribution in [3.63, 3.8) is 0 Å². The van der Waals surface area contributed by atoms with Crippen LogP contribution in [0.1, 0.15) is 69.8 Å². The van der Waals surface area contributed by atoms with Crippen LogP contribution in [0.4, 0.5) is 13.6 Å². The molecule has 42 heavy (non-hydrogen) atoms. The fraction of sp³-hybridized carbons (Fsp3) is 0.545. The number of ether oxygens (including phenoxy) is 3. The van der Waals surface area contributed by atoms with Crippen LogP contribution < -0.4 is 9.47 Å². The second-order valence-corrected chi connectivity index (χ2v) is 12.6. The van der Waals surface area contributed by atoms with Crippen molar-refractivity contribution in [3.05, 3.63) is 59.3 Å². The molecule has 228 valence electrons. The van der Waals surface area contributed by atoms with E-state index in [0.717, 1.165) is 23.2 Å². The third-order valence-corrected chi connectivity index (χ3v) is 8.12. The highest BCUT2D eigenvalue weighted by atomic mass is 19.1. The molecule has 5 rings (SSSR count). The van der Waals surface area contributed by atoms with Crippen molar-refractivity contribution in [3.8, 4) is 11.5 Å². The lowest BCUT2D eigenvalue weighted by Crippen LogP contribution is -2.46. The molecule has 0 radical (unpaired) electrons. The molecule has 2 aliphatic rings. The molecule has 1 aliphatic carbocycles. The molecule has 1 amide bonds. The minimum absolute atomic E-state index is 0.138. The zero-order valence-corrected chi connectivity index (χ0v) is 25.3. The summed E-state index contributed by atoms with van der Waals surface area (Å²) in [4.78, 5) is 20.0. The van der Waals surface area contributed by atoms with Crippen LogP contribution in [-0.2, 0) is 11.2 Å². The van der Waals surface area contributed by atoms with Gasteiger partial charge in [0.05, 0.1) is 26.4 Å². The Bertz CT molecular complexity index is 1400. The summed E-state index contributed by atoms with van der Waals surface area (Å²) in [5.74, 6) is 1.23. The molecule has 2 heterocycles. The van der Waals surface area contributed by atoms with Crippen LogP contribution in [-0.4, -0.2) is 78.2 Å². The summed E-state index contributed by atoms with van der Waals surface area (Å²) < 4.78 is 45.5. The number of para-hydroxylation sites is 1. The Balaban J connectivity index is 1.39. The maximum absolute atomic E-state index is 15.2. The van der Waals surface area contributed by atoms with Gasteiger partial charge < -0.3 is 24.1 Å². The lowest BCUT2D eigenvalue weighted by molar-refractivity contribution is 0.0221. The van der Waals surface area contributed by atoms with Gasteiger partial charge in [-0.2, -0.15) is 0 Å². The number of hydrogen-bond acceptors (Lipinski definition) is 5. The molecule has 9 heteroatoms. The first kappa shape index (κ1) is 30.1. The Hall–Kier alpha value is -3.33. The van der Waals surface area contributed by atoms with E-state index in [2.05, 4.69) is 35.0 Å². The number of methoxy groups -OCH3 is 1. The van der Waals surface area contributed by atoms with Crippen molar-refractivity contribution in [2.24, 2.45) is 0 Å². The fourth-order valence-electron chi connectivity index (χ4n) is 5.86. The Morgan fingerprint density at radius 2 is 1.93 bits per heavy atom. The monoisotopic (exact) mass is 583 g/mol. The molecule has 0 saturated heterocycles. The van der Waals surface area contributed by atoms with E-state index in [1.165, 1.54) is 15.8 Å². The van der Waals surface area contributed by atoms with E-state index in [-0.39, 0.29) is 38.2 Å². The molecule has 1 aliphatic heterocycles. The number of rotatable bonds is 11. The lowest BCUT2D eigenvalue weighted by atomic mass is 9.87. The van der Waals surface area contributed by atoms with Gasteiger partial charge in [0.2, 0.25) is 0 Å². The van der Waals surface area contributed by atoms with Crippen LogP contribution in [0.25, 0.3) is 10.9 Å². The molecular formula is C33H43F2N3O4. The Kier molecular flexibility index (Phi) is 8.69. The van der Waals surface area contributed by atoms with Gasteiger partial charge in [-0.3, -0.25) is 9.29 Å². The van der Waals surface area contributed by atoms with Crippen molar-refractivity contribution in [1.29, 1.82) is 0 Å². The van der Waals surface area contributed by atoms with E-state index in [0.29, 0.717) is 30.9 Å². The molecule has 1 fully saturated rings. The topological polar surface area (TPSA) is 67.0 Å². The number of aromatic nitrogens is 1. The number of carbonyl (C=O) groups excluding carboxylic acids is 1. The number of nitrogens with one attached hydrogen (secondary N) is 1. The van der Waals surface area contributed by atoms with Gasteiger partial charge in [-0.15, -0.1) is 0 Å². The van der Waals surface area contributed by atoms with Gasteiger partial charge in [0, 0.05) is 47.4 Å². The molecule has 1 saturated carbocycles. The van der Waals surface area contributed by atoms with Gasteiger partial charge in [0.25, 0.3) is 0 Å². The first-order valence-electron chi connectivity index (χ1n) is 14.9. The van der Waals surface area contributed by atoms with Crippen molar-refractivity contribution in [2.75, 3.05) is 40.0 Å². The summed E-state index contributed by atoms with van der Waals surface area (Å²) >= 11 is 0. The number of benzene rings is 2. The Morgan fingerprint density at radius 3 is 2.62 bits per heavy atom. The number of amides is 1. The molecule has 1 aromatic heterocycles. The number of fused-ring (bicyclic) bond motifs is 3. The summed E-state index contributed by atoms with van der Waals surface area (Å²) in [6, 6.07) is 14.0. The maximum Gasteiger partial charge on any atom is 0.410 e. The second-order valence-electron chi connectivity index (χ2n) is 12.6. The quantitative estimate of drug-likeness (QED) is 0.264. The van der Waals surface area contributed by atoms with E-state index in [4.69, 9.17) is 14.2 Å². The molecule has 1 N–H and O–H groups in total. The first-order valence-corrected chi connectivity index (χ1v) is 14.9. The molecule has 7 nitrogen and oxygen atoms in total. The second kappa shape index (κ2) is 12.1. The zero-order chi connectivity index (χ0) is 30.1. The maximum atomic E-state index is 15.2. The fourth-order valence-corrected chi connectivity index (χ4v) is 5.86. The highest BCUT2D eigenvalue weighted by molar-refractivity contribution is 5.85. The van der Waals surface area contributed by atoms with Crippen LogP contribution >= 0.6 is 0 Å². The first-order chi connectivity index (χ1) is 20.0. The Labute approximate surface area is 247 Å². The summed E-state index contributed by atoms with van der Waals surface area (Å²) in [7, 11) is 1.63. The van der Waals surface area contributed by atoms with Gasteiger partial charge in [0.15, 0.2) is 0 Å². The van der Waals surface area contributed by atoms with E-state index >= 15 is 4.39 Å². The molecule has 2 atom stereocenters. The predicted octanol–water partition coefficient (Wildman–Crippen LogP) is 6.99. The molecule has 2 aromatic carbocycles. The van der Waals surface area contributed by atoms with Gasteiger partial charge >= 0.3 is 6.09 Å². The highest BCUT2D eigenvalue weighted by Gasteiger charge is 2.48. The van der Waals surface area contributed by atoms with Crippen LogP contribution in [0.3, 0.4) is 0 Å². The van der Waals surface area contributed by atoms with Crippen LogP contribution in [0, 0.1) is 0 Å². The normalized spacial score (nSPS) is 19.8. The van der Waals surface area contributed by atoms with Gasteiger partial charge in [-0.05, 0) is 77.1 Å². The molecule has 0 spiro atoms. The van der Waals surface area contributed by atoms with Gasteiger partial charge in [0.1, 0.15) is 29.4 Å². The minimum atomic E-state index is -1.14. The predicted molar refractivity (Wildman–Crippen MR) is 160 cm³/mol. The van der Waals surface area contributed by atoms with Crippen LogP contribution in [0.2, 0.25) is 0 Å². The van der Waals surface area contributed by atoms with Crippen molar-refractivity contribution >= 4 is 17.0 Å². The standard InChI is InChI=1S/C33H43F2N3O4/c1-22-19-26-24-9-6-7-10-27(24)36-29(26)30(38(22)21-33(35)13-14-33)25-12-11-23(20-28(25)40-5)41-18-17-37(16-8-15-34)31(39)42-32(2,3)4/h6-7,9-12,20,22,30,36H,8,13-19,21H2,1-5H3/t22-,30-/m1/s1. The molecule has 0 unspecified atom stereocenters. The number of halogens is 2. The third-order valence-electron chi connectivity index (χ3n) is 8.12. The summed E-state index contributed by atoms with van der Waals surface area (Å²) in [6.07, 6.45) is 1.77. The van der Waals surface area contributed by atoms with Crippen molar-refractivity contribution in [1.82, 2.24) is 14.8 Å². The summed E-state index contributed by atoms with van der Waals surface area (Å²) in [6.45, 7) is 8.13. The van der Waals surface area contributed by atoms with E-state index in [1.807, 2.05) is 24.3 Å². The molecular weight excluding hydrogens is 540 g/mol. The molecule has 3 aromatic rings. The number of H-pyrrole nitrogens is 1.